The van der Waals surface area contributed by atoms with Gasteiger partial charge in [0.05, 0.1) is 0 Å². The molecule has 136 valence electrons. The molecule has 0 aliphatic carbocycles. The third-order valence-corrected chi connectivity index (χ3v) is 5.32. The number of likely N-dealkylation sites (N-methyl/N-ethyl adjacent to an activating group) is 1. The molecule has 5 nitrogen and oxygen atoms in total. The van der Waals surface area contributed by atoms with Crippen LogP contribution >= 0.6 is 0 Å². The highest BCUT2D eigenvalue weighted by atomic mass is 19.1. The molecule has 0 bridgehead atoms. The summed E-state index contributed by atoms with van der Waals surface area (Å²) in [7, 11) is 4.03. The molecule has 0 aromatic heterocycles. The Morgan fingerprint density at radius 3 is 2.72 bits per heavy atom. The zero-order valence-electron chi connectivity index (χ0n) is 15.1. The highest BCUT2D eigenvalue weighted by molar-refractivity contribution is 5.94. The van der Waals surface area contributed by atoms with Crippen molar-refractivity contribution in [3.8, 4) is 0 Å². The van der Waals surface area contributed by atoms with E-state index < -0.39 is 5.82 Å². The van der Waals surface area contributed by atoms with Crippen molar-refractivity contribution >= 4 is 11.8 Å². The summed E-state index contributed by atoms with van der Waals surface area (Å²) in [4.78, 5) is 30.8. The number of amides is 2. The van der Waals surface area contributed by atoms with Gasteiger partial charge in [-0.2, -0.15) is 0 Å². The Hall–Kier alpha value is -1.95. The van der Waals surface area contributed by atoms with Gasteiger partial charge in [0.1, 0.15) is 5.82 Å². The average molecular weight is 347 g/mol. The van der Waals surface area contributed by atoms with E-state index in [1.807, 2.05) is 23.9 Å². The second-order valence-electron chi connectivity index (χ2n) is 7.46. The summed E-state index contributed by atoms with van der Waals surface area (Å²) < 4.78 is 13.4. The highest BCUT2D eigenvalue weighted by Crippen LogP contribution is 2.36. The first kappa shape index (κ1) is 17.9. The molecule has 3 rings (SSSR count). The van der Waals surface area contributed by atoms with Crippen molar-refractivity contribution in [3.63, 3.8) is 0 Å². The van der Waals surface area contributed by atoms with Crippen LogP contribution < -0.4 is 0 Å². The molecule has 0 saturated carbocycles. The first-order valence-corrected chi connectivity index (χ1v) is 8.85. The number of piperidine rings is 1. The van der Waals surface area contributed by atoms with Gasteiger partial charge in [-0.1, -0.05) is 6.07 Å². The standard InChI is InChI=1S/C19H26FN3O2/c1-13(24)23-17(12-21(2)3)10-15-11-22(8-7-18(15)23)19(25)14-5-4-6-16(20)9-14/h4-6,9,15,17-18H,7-8,10-12H2,1-3H3/t15-,17+,18+/m1/s1. The lowest BCUT2D eigenvalue weighted by Gasteiger charge is -2.38. The lowest BCUT2D eigenvalue weighted by molar-refractivity contribution is -0.132. The first-order valence-electron chi connectivity index (χ1n) is 8.85. The zero-order chi connectivity index (χ0) is 18.1. The van der Waals surface area contributed by atoms with Crippen LogP contribution in [0.3, 0.4) is 0 Å². The first-order chi connectivity index (χ1) is 11.9. The second kappa shape index (κ2) is 7.12. The van der Waals surface area contributed by atoms with Gasteiger partial charge in [0.2, 0.25) is 5.91 Å². The summed E-state index contributed by atoms with van der Waals surface area (Å²) in [6.07, 6.45) is 1.70. The Kier molecular flexibility index (Phi) is 5.08. The van der Waals surface area contributed by atoms with Gasteiger partial charge in [0.25, 0.3) is 5.91 Å². The van der Waals surface area contributed by atoms with Crippen LogP contribution in [0.5, 0.6) is 0 Å². The van der Waals surface area contributed by atoms with E-state index in [1.165, 1.54) is 12.1 Å². The van der Waals surface area contributed by atoms with Gasteiger partial charge >= 0.3 is 0 Å². The molecular weight excluding hydrogens is 321 g/mol. The smallest absolute Gasteiger partial charge is 0.253 e. The van der Waals surface area contributed by atoms with Crippen LogP contribution in [0.25, 0.3) is 0 Å². The van der Waals surface area contributed by atoms with Gasteiger partial charge < -0.3 is 14.7 Å². The Bertz CT molecular complexity index is 664. The van der Waals surface area contributed by atoms with E-state index in [-0.39, 0.29) is 23.9 Å². The fraction of sp³-hybridized carbons (Fsp3) is 0.579. The molecular formula is C19H26FN3O2. The predicted octanol–water partition coefficient (Wildman–Crippen LogP) is 1.84. The van der Waals surface area contributed by atoms with Crippen LogP contribution in [0.4, 0.5) is 4.39 Å². The maximum Gasteiger partial charge on any atom is 0.253 e. The maximum atomic E-state index is 13.4. The summed E-state index contributed by atoms with van der Waals surface area (Å²) in [5, 5.41) is 0. The monoisotopic (exact) mass is 347 g/mol. The van der Waals surface area contributed by atoms with Crippen LogP contribution in [-0.4, -0.2) is 72.3 Å². The van der Waals surface area contributed by atoms with Crippen LogP contribution in [0, 0.1) is 11.7 Å². The summed E-state index contributed by atoms with van der Waals surface area (Å²) >= 11 is 0. The fourth-order valence-corrected chi connectivity index (χ4v) is 4.41. The van der Waals surface area contributed by atoms with E-state index >= 15 is 0 Å². The molecule has 2 saturated heterocycles. The van der Waals surface area contributed by atoms with E-state index in [1.54, 1.807) is 19.1 Å². The molecule has 2 aliphatic rings. The van der Waals surface area contributed by atoms with Crippen LogP contribution in [0.2, 0.25) is 0 Å². The number of hydrogen-bond donors (Lipinski definition) is 0. The zero-order valence-corrected chi connectivity index (χ0v) is 15.1. The minimum absolute atomic E-state index is 0.115. The summed E-state index contributed by atoms with van der Waals surface area (Å²) in [5.41, 5.74) is 0.393. The molecule has 1 aromatic rings. The van der Waals surface area contributed by atoms with Crippen molar-refractivity contribution in [1.29, 1.82) is 0 Å². The molecule has 0 spiro atoms. The lowest BCUT2D eigenvalue weighted by Crippen LogP contribution is -2.50. The quantitative estimate of drug-likeness (QED) is 0.838. The van der Waals surface area contributed by atoms with E-state index in [0.29, 0.717) is 24.6 Å². The lowest BCUT2D eigenvalue weighted by atomic mass is 9.91. The minimum atomic E-state index is -0.393. The van der Waals surface area contributed by atoms with E-state index in [0.717, 1.165) is 19.4 Å². The molecule has 2 amide bonds. The maximum absolute atomic E-state index is 13.4. The summed E-state index contributed by atoms with van der Waals surface area (Å²) in [6.45, 7) is 3.71. The number of nitrogens with zero attached hydrogens (tertiary/aromatic N) is 3. The predicted molar refractivity (Wildman–Crippen MR) is 93.7 cm³/mol. The largest absolute Gasteiger partial charge is 0.338 e. The number of fused-ring (bicyclic) bond motifs is 1. The van der Waals surface area contributed by atoms with Gasteiger partial charge in [-0.15, -0.1) is 0 Å². The number of carbonyl (C=O) groups is 2. The number of halogens is 1. The third-order valence-electron chi connectivity index (χ3n) is 5.32. The second-order valence-corrected chi connectivity index (χ2v) is 7.46. The Morgan fingerprint density at radius 2 is 2.08 bits per heavy atom. The van der Waals surface area contributed by atoms with Crippen LogP contribution in [-0.2, 0) is 4.79 Å². The van der Waals surface area contributed by atoms with Crippen molar-refractivity contribution in [2.75, 3.05) is 33.7 Å². The van der Waals surface area contributed by atoms with Crippen LogP contribution in [0.1, 0.15) is 30.1 Å². The van der Waals surface area contributed by atoms with Gasteiger partial charge in [-0.3, -0.25) is 9.59 Å². The molecule has 6 heteroatoms. The molecule has 2 fully saturated rings. The molecule has 0 radical (unpaired) electrons. The number of benzene rings is 1. The molecule has 0 unspecified atom stereocenters. The topological polar surface area (TPSA) is 43.9 Å². The van der Waals surface area contributed by atoms with Crippen LogP contribution in [0.15, 0.2) is 24.3 Å². The number of rotatable bonds is 3. The molecule has 0 N–H and O–H groups in total. The third kappa shape index (κ3) is 3.68. The molecule has 1 aromatic carbocycles. The summed E-state index contributed by atoms with van der Waals surface area (Å²) in [6, 6.07) is 6.26. The molecule has 3 atom stereocenters. The van der Waals surface area contributed by atoms with E-state index in [2.05, 4.69) is 4.90 Å². The van der Waals surface area contributed by atoms with Gasteiger partial charge in [-0.05, 0) is 51.1 Å². The fourth-order valence-electron chi connectivity index (χ4n) is 4.41. The van der Waals surface area contributed by atoms with E-state index in [9.17, 15) is 14.0 Å². The number of hydrogen-bond acceptors (Lipinski definition) is 3. The highest BCUT2D eigenvalue weighted by Gasteiger charge is 2.45. The van der Waals surface area contributed by atoms with Crippen molar-refractivity contribution < 1.29 is 14.0 Å². The Labute approximate surface area is 148 Å². The molecule has 2 aliphatic heterocycles. The van der Waals surface area contributed by atoms with Crippen molar-refractivity contribution in [3.05, 3.63) is 35.6 Å². The molecule has 25 heavy (non-hydrogen) atoms. The minimum Gasteiger partial charge on any atom is -0.338 e. The SMILES string of the molecule is CC(=O)N1[C@H](CN(C)C)C[C@@H]2CN(C(=O)c3cccc(F)c3)CC[C@@H]21. The number of likely N-dealkylation sites (tertiary alicyclic amines) is 2. The van der Waals surface area contributed by atoms with Gasteiger partial charge in [-0.25, -0.2) is 4.39 Å². The van der Waals surface area contributed by atoms with Gasteiger partial charge in [0, 0.05) is 44.2 Å². The van der Waals surface area contributed by atoms with Crippen molar-refractivity contribution in [2.45, 2.75) is 31.8 Å². The van der Waals surface area contributed by atoms with E-state index in [4.69, 9.17) is 0 Å². The normalized spacial score (nSPS) is 26.0. The summed E-state index contributed by atoms with van der Waals surface area (Å²) in [5.74, 6) is -0.108. The van der Waals surface area contributed by atoms with Crippen molar-refractivity contribution in [1.82, 2.24) is 14.7 Å². The number of carbonyl (C=O) groups excluding carboxylic acids is 2. The average Bonchev–Trinajstić information content (AvgIpc) is 2.90. The molecule has 2 heterocycles. The Balaban J connectivity index is 1.73. The van der Waals surface area contributed by atoms with Gasteiger partial charge in [0.15, 0.2) is 0 Å². The van der Waals surface area contributed by atoms with Crippen molar-refractivity contribution in [2.24, 2.45) is 5.92 Å². The Morgan fingerprint density at radius 1 is 1.32 bits per heavy atom.